The Morgan fingerprint density at radius 2 is 2.21 bits per heavy atom. The fourth-order valence-electron chi connectivity index (χ4n) is 2.03. The second-order valence-electron chi connectivity index (χ2n) is 3.90. The molecule has 0 spiro atoms. The van der Waals surface area contributed by atoms with Crippen molar-refractivity contribution in [3.05, 3.63) is 28.8 Å². The summed E-state index contributed by atoms with van der Waals surface area (Å²) < 4.78 is 0. The minimum Gasteiger partial charge on any atom is -0.385 e. The molecule has 1 unspecified atom stereocenters. The van der Waals surface area contributed by atoms with Gasteiger partial charge in [-0.1, -0.05) is 17.7 Å². The zero-order valence-corrected chi connectivity index (χ0v) is 9.30. The largest absolute Gasteiger partial charge is 0.385 e. The first kappa shape index (κ1) is 9.81. The van der Waals surface area contributed by atoms with Crippen LogP contribution in [0.1, 0.15) is 18.0 Å². The van der Waals surface area contributed by atoms with Gasteiger partial charge < -0.3 is 10.2 Å². The number of anilines is 1. The van der Waals surface area contributed by atoms with Gasteiger partial charge in [-0.25, -0.2) is 0 Å². The molecule has 2 nitrogen and oxygen atoms in total. The maximum Gasteiger partial charge on any atom is 0.0474 e. The normalized spacial score (nSPS) is 20.4. The number of halogens is 1. The van der Waals surface area contributed by atoms with Crippen LogP contribution in [0.5, 0.6) is 0 Å². The lowest BCUT2D eigenvalue weighted by Crippen LogP contribution is -2.27. The molecule has 0 aliphatic carbocycles. The summed E-state index contributed by atoms with van der Waals surface area (Å²) >= 11 is 6.21. The maximum atomic E-state index is 6.21. The smallest absolute Gasteiger partial charge is 0.0474 e. The van der Waals surface area contributed by atoms with Crippen LogP contribution < -0.4 is 5.32 Å². The van der Waals surface area contributed by atoms with Crippen LogP contribution in [0.25, 0.3) is 0 Å². The second kappa shape index (κ2) is 3.79. The van der Waals surface area contributed by atoms with Gasteiger partial charge in [0, 0.05) is 28.9 Å². The predicted molar refractivity (Wildman–Crippen MR) is 61.0 cm³/mol. The van der Waals surface area contributed by atoms with E-state index in [1.807, 2.05) is 12.1 Å². The lowest BCUT2D eigenvalue weighted by molar-refractivity contribution is 0.285. The molecule has 0 saturated heterocycles. The van der Waals surface area contributed by atoms with Crippen molar-refractivity contribution in [2.24, 2.45) is 0 Å². The van der Waals surface area contributed by atoms with Gasteiger partial charge in [0.1, 0.15) is 0 Å². The van der Waals surface area contributed by atoms with Gasteiger partial charge in [0.05, 0.1) is 0 Å². The Kier molecular flexibility index (Phi) is 2.66. The predicted octanol–water partition coefficient (Wildman–Crippen LogP) is 2.76. The Balaban J connectivity index is 2.47. The molecule has 0 radical (unpaired) electrons. The molecule has 1 aromatic carbocycles. The van der Waals surface area contributed by atoms with Gasteiger partial charge in [-0.15, -0.1) is 0 Å². The first-order chi connectivity index (χ1) is 6.70. The van der Waals surface area contributed by atoms with Crippen molar-refractivity contribution < 1.29 is 0 Å². The van der Waals surface area contributed by atoms with E-state index in [-0.39, 0.29) is 0 Å². The summed E-state index contributed by atoms with van der Waals surface area (Å²) in [5.74, 6) is 0. The summed E-state index contributed by atoms with van der Waals surface area (Å²) in [6.45, 7) is 1.02. The molecule has 1 N–H and O–H groups in total. The molecule has 14 heavy (non-hydrogen) atoms. The van der Waals surface area contributed by atoms with Gasteiger partial charge in [-0.3, -0.25) is 0 Å². The van der Waals surface area contributed by atoms with Crippen molar-refractivity contribution in [2.75, 3.05) is 26.0 Å². The molecule has 1 aliphatic rings. The van der Waals surface area contributed by atoms with Crippen molar-refractivity contribution in [2.45, 2.75) is 12.5 Å². The van der Waals surface area contributed by atoms with Crippen LogP contribution in [0.2, 0.25) is 5.02 Å². The van der Waals surface area contributed by atoms with Gasteiger partial charge >= 0.3 is 0 Å². The van der Waals surface area contributed by atoms with Crippen molar-refractivity contribution in [3.8, 4) is 0 Å². The molecule has 0 aromatic heterocycles. The number of rotatable bonds is 1. The average molecular weight is 211 g/mol. The van der Waals surface area contributed by atoms with E-state index in [1.165, 1.54) is 11.3 Å². The number of nitrogens with zero attached hydrogens (tertiary/aromatic N) is 1. The van der Waals surface area contributed by atoms with Gasteiger partial charge in [0.2, 0.25) is 0 Å². The van der Waals surface area contributed by atoms with E-state index in [4.69, 9.17) is 11.6 Å². The molecule has 1 aromatic rings. The third kappa shape index (κ3) is 1.60. The van der Waals surface area contributed by atoms with Crippen LogP contribution >= 0.6 is 11.6 Å². The van der Waals surface area contributed by atoms with Crippen LogP contribution in [0, 0.1) is 0 Å². The highest BCUT2D eigenvalue weighted by Crippen LogP contribution is 2.37. The standard InChI is InChI=1S/C11H15ClN2/c1-14(2)10-6-7-13-9-5-3-4-8(12)11(9)10/h3-5,10,13H,6-7H2,1-2H3. The minimum atomic E-state index is 0.444. The highest BCUT2D eigenvalue weighted by Gasteiger charge is 2.23. The summed E-state index contributed by atoms with van der Waals surface area (Å²) in [5.41, 5.74) is 2.42. The Hall–Kier alpha value is -0.730. The molecule has 3 heteroatoms. The number of nitrogens with one attached hydrogen (secondary N) is 1. The van der Waals surface area contributed by atoms with E-state index in [9.17, 15) is 0 Å². The van der Waals surface area contributed by atoms with Gasteiger partial charge in [0.25, 0.3) is 0 Å². The number of hydrogen-bond donors (Lipinski definition) is 1. The first-order valence-electron chi connectivity index (χ1n) is 4.89. The summed E-state index contributed by atoms with van der Waals surface area (Å²) in [6, 6.07) is 6.49. The summed E-state index contributed by atoms with van der Waals surface area (Å²) in [4.78, 5) is 2.23. The topological polar surface area (TPSA) is 15.3 Å². The van der Waals surface area contributed by atoms with Gasteiger partial charge in [0.15, 0.2) is 0 Å². The molecule has 2 rings (SSSR count). The summed E-state index contributed by atoms with van der Waals surface area (Å²) in [7, 11) is 4.20. The van der Waals surface area contributed by atoms with E-state index < -0.39 is 0 Å². The molecule has 0 saturated carbocycles. The highest BCUT2D eigenvalue weighted by molar-refractivity contribution is 6.31. The van der Waals surface area contributed by atoms with Crippen LogP contribution in [0.3, 0.4) is 0 Å². The first-order valence-corrected chi connectivity index (χ1v) is 5.26. The molecule has 1 heterocycles. The summed E-state index contributed by atoms with van der Waals surface area (Å²) in [5, 5.41) is 4.25. The second-order valence-corrected chi connectivity index (χ2v) is 4.30. The van der Waals surface area contributed by atoms with E-state index in [1.54, 1.807) is 0 Å². The quantitative estimate of drug-likeness (QED) is 0.767. The molecular weight excluding hydrogens is 196 g/mol. The third-order valence-electron chi connectivity index (χ3n) is 2.74. The monoisotopic (exact) mass is 210 g/mol. The van der Waals surface area contributed by atoms with E-state index >= 15 is 0 Å². The number of benzene rings is 1. The maximum absolute atomic E-state index is 6.21. The molecule has 0 bridgehead atoms. The van der Waals surface area contributed by atoms with Crippen molar-refractivity contribution in [1.82, 2.24) is 4.90 Å². The van der Waals surface area contributed by atoms with Crippen LogP contribution in [0.4, 0.5) is 5.69 Å². The molecule has 1 atom stereocenters. The fourth-order valence-corrected chi connectivity index (χ4v) is 2.33. The van der Waals surface area contributed by atoms with Gasteiger partial charge in [-0.05, 0) is 32.6 Å². The third-order valence-corrected chi connectivity index (χ3v) is 3.07. The van der Waals surface area contributed by atoms with Gasteiger partial charge in [-0.2, -0.15) is 0 Å². The Bertz CT molecular complexity index is 336. The minimum absolute atomic E-state index is 0.444. The molecule has 1 aliphatic heterocycles. The SMILES string of the molecule is CN(C)C1CCNc2cccc(Cl)c21. The fraction of sp³-hybridized carbons (Fsp3) is 0.455. The highest BCUT2D eigenvalue weighted by atomic mass is 35.5. The van der Waals surface area contributed by atoms with Crippen LogP contribution in [0.15, 0.2) is 18.2 Å². The number of fused-ring (bicyclic) bond motifs is 1. The van der Waals surface area contributed by atoms with Crippen LogP contribution in [-0.2, 0) is 0 Å². The van der Waals surface area contributed by atoms with E-state index in [0.717, 1.165) is 18.0 Å². The number of hydrogen-bond acceptors (Lipinski definition) is 2. The lowest BCUT2D eigenvalue weighted by Gasteiger charge is -2.32. The Morgan fingerprint density at radius 1 is 1.43 bits per heavy atom. The van der Waals surface area contributed by atoms with Crippen LogP contribution in [-0.4, -0.2) is 25.5 Å². The van der Waals surface area contributed by atoms with E-state index in [2.05, 4.69) is 30.4 Å². The van der Waals surface area contributed by atoms with E-state index in [0.29, 0.717) is 6.04 Å². The molecule has 0 amide bonds. The molecular formula is C11H15ClN2. The van der Waals surface area contributed by atoms with Crippen molar-refractivity contribution in [1.29, 1.82) is 0 Å². The molecule has 76 valence electrons. The van der Waals surface area contributed by atoms with Crippen molar-refractivity contribution in [3.63, 3.8) is 0 Å². The Morgan fingerprint density at radius 3 is 2.93 bits per heavy atom. The molecule has 0 fully saturated rings. The Labute approximate surface area is 89.9 Å². The zero-order chi connectivity index (χ0) is 10.1. The summed E-state index contributed by atoms with van der Waals surface area (Å²) in [6.07, 6.45) is 1.11. The lowest BCUT2D eigenvalue weighted by atomic mass is 9.97. The van der Waals surface area contributed by atoms with Crippen molar-refractivity contribution >= 4 is 17.3 Å². The zero-order valence-electron chi connectivity index (χ0n) is 8.55. The average Bonchev–Trinajstić information content (AvgIpc) is 2.17.